The Labute approximate surface area is 157 Å². The summed E-state index contributed by atoms with van der Waals surface area (Å²) in [6.45, 7) is 2.21. The zero-order valence-electron chi connectivity index (χ0n) is 14.6. The highest BCUT2D eigenvalue weighted by Crippen LogP contribution is 2.26. The summed E-state index contributed by atoms with van der Waals surface area (Å²) in [6, 6.07) is -0.413. The molecule has 1 amide bonds. The molecule has 3 N–H and O–H groups in total. The van der Waals surface area contributed by atoms with E-state index in [0.717, 1.165) is 11.3 Å². The van der Waals surface area contributed by atoms with E-state index in [1.807, 2.05) is 4.90 Å². The fourth-order valence-corrected chi connectivity index (χ4v) is 3.76. The maximum absolute atomic E-state index is 13.8. The SMILES string of the molecule is CO[C@@H]1CN(c2ncc(C(=O)O)s2)CC[C@@H]1NC(=O)c1[nH]c(C)c(F)c1F. The van der Waals surface area contributed by atoms with Crippen molar-refractivity contribution in [1.29, 1.82) is 0 Å². The van der Waals surface area contributed by atoms with Crippen molar-refractivity contribution in [3.05, 3.63) is 34.1 Å². The van der Waals surface area contributed by atoms with Gasteiger partial charge in [-0.2, -0.15) is 0 Å². The maximum atomic E-state index is 13.8. The second-order valence-corrected chi connectivity index (χ2v) is 7.16. The average molecular weight is 400 g/mol. The smallest absolute Gasteiger partial charge is 0.347 e. The number of amides is 1. The van der Waals surface area contributed by atoms with Crippen LogP contribution in [-0.4, -0.2) is 59.3 Å². The van der Waals surface area contributed by atoms with Crippen LogP contribution in [0.5, 0.6) is 0 Å². The van der Waals surface area contributed by atoms with Gasteiger partial charge in [0.25, 0.3) is 5.91 Å². The number of piperidine rings is 1. The number of hydrogen-bond donors (Lipinski definition) is 3. The summed E-state index contributed by atoms with van der Waals surface area (Å²) in [4.78, 5) is 31.8. The van der Waals surface area contributed by atoms with Gasteiger partial charge in [-0.3, -0.25) is 4.79 Å². The third-order valence-electron chi connectivity index (χ3n) is 4.43. The lowest BCUT2D eigenvalue weighted by Gasteiger charge is -2.37. The molecule has 2 aromatic heterocycles. The molecule has 2 aromatic rings. The molecular weight excluding hydrogens is 382 g/mol. The lowest BCUT2D eigenvalue weighted by molar-refractivity contribution is 0.0538. The van der Waals surface area contributed by atoms with Crippen molar-refractivity contribution < 1.29 is 28.2 Å². The fourth-order valence-electron chi connectivity index (χ4n) is 2.97. The van der Waals surface area contributed by atoms with Crippen molar-refractivity contribution in [2.45, 2.75) is 25.5 Å². The predicted octanol–water partition coefficient (Wildman–Crippen LogP) is 1.78. The predicted molar refractivity (Wildman–Crippen MR) is 93.4 cm³/mol. The summed E-state index contributed by atoms with van der Waals surface area (Å²) >= 11 is 1.05. The third kappa shape index (κ3) is 3.78. The summed E-state index contributed by atoms with van der Waals surface area (Å²) in [5.41, 5.74) is -0.498. The lowest BCUT2D eigenvalue weighted by Crippen LogP contribution is -2.55. The number of H-pyrrole nitrogens is 1. The van der Waals surface area contributed by atoms with Gasteiger partial charge >= 0.3 is 5.97 Å². The molecule has 3 heterocycles. The second kappa shape index (κ2) is 7.61. The quantitative estimate of drug-likeness (QED) is 0.706. The Morgan fingerprint density at radius 1 is 1.44 bits per heavy atom. The van der Waals surface area contributed by atoms with Crippen LogP contribution in [-0.2, 0) is 4.74 Å². The van der Waals surface area contributed by atoms with Gasteiger partial charge in [-0.25, -0.2) is 18.6 Å². The van der Waals surface area contributed by atoms with Crippen LogP contribution in [0.4, 0.5) is 13.9 Å². The minimum Gasteiger partial charge on any atom is -0.477 e. The molecule has 2 atom stereocenters. The van der Waals surface area contributed by atoms with Gasteiger partial charge < -0.3 is 25.0 Å². The van der Waals surface area contributed by atoms with Gasteiger partial charge in [-0.1, -0.05) is 11.3 Å². The second-order valence-electron chi connectivity index (χ2n) is 6.15. The van der Waals surface area contributed by atoms with Crippen LogP contribution in [0.15, 0.2) is 6.20 Å². The number of halogens is 2. The van der Waals surface area contributed by atoms with Gasteiger partial charge in [0, 0.05) is 20.2 Å². The first kappa shape index (κ1) is 19.2. The van der Waals surface area contributed by atoms with Crippen LogP contribution < -0.4 is 10.2 Å². The minimum atomic E-state index is -1.21. The zero-order chi connectivity index (χ0) is 19.7. The molecule has 0 bridgehead atoms. The van der Waals surface area contributed by atoms with Crippen molar-refractivity contribution in [3.8, 4) is 0 Å². The van der Waals surface area contributed by atoms with Crippen molar-refractivity contribution in [2.24, 2.45) is 0 Å². The van der Waals surface area contributed by atoms with Crippen LogP contribution in [0, 0.1) is 18.6 Å². The number of aromatic amines is 1. The number of carboxylic acids is 1. The van der Waals surface area contributed by atoms with Gasteiger partial charge in [-0.15, -0.1) is 0 Å². The molecule has 0 radical (unpaired) electrons. The molecular formula is C16H18F2N4O4S. The summed E-state index contributed by atoms with van der Waals surface area (Å²) in [5.74, 6) is -4.07. The van der Waals surface area contributed by atoms with Crippen molar-refractivity contribution in [2.75, 3.05) is 25.1 Å². The van der Waals surface area contributed by atoms with Crippen molar-refractivity contribution in [1.82, 2.24) is 15.3 Å². The van der Waals surface area contributed by atoms with E-state index < -0.39 is 41.4 Å². The topological polar surface area (TPSA) is 108 Å². The Morgan fingerprint density at radius 2 is 2.19 bits per heavy atom. The van der Waals surface area contributed by atoms with Crippen LogP contribution >= 0.6 is 11.3 Å². The molecule has 1 fully saturated rings. The number of carboxylic acid groups (broad SMARTS) is 1. The number of hydrogen-bond acceptors (Lipinski definition) is 6. The molecule has 146 valence electrons. The summed E-state index contributed by atoms with van der Waals surface area (Å²) in [5, 5.41) is 12.2. The zero-order valence-corrected chi connectivity index (χ0v) is 15.4. The number of ether oxygens (including phenoxy) is 1. The summed E-state index contributed by atoms with van der Waals surface area (Å²) < 4.78 is 32.7. The van der Waals surface area contributed by atoms with Gasteiger partial charge in [0.15, 0.2) is 16.8 Å². The van der Waals surface area contributed by atoms with E-state index in [4.69, 9.17) is 9.84 Å². The van der Waals surface area contributed by atoms with Crippen LogP contribution in [0.25, 0.3) is 0 Å². The molecule has 27 heavy (non-hydrogen) atoms. The van der Waals surface area contributed by atoms with Crippen molar-refractivity contribution in [3.63, 3.8) is 0 Å². The molecule has 0 aliphatic carbocycles. The Kier molecular flexibility index (Phi) is 5.42. The molecule has 0 aromatic carbocycles. The number of carbonyl (C=O) groups excluding carboxylic acids is 1. The Hall–Kier alpha value is -2.53. The number of methoxy groups -OCH3 is 1. The van der Waals surface area contributed by atoms with E-state index in [2.05, 4.69) is 15.3 Å². The van der Waals surface area contributed by atoms with E-state index in [1.54, 1.807) is 0 Å². The Balaban J connectivity index is 1.68. The summed E-state index contributed by atoms with van der Waals surface area (Å²) in [7, 11) is 1.48. The van der Waals surface area contributed by atoms with Crippen LogP contribution in [0.2, 0.25) is 0 Å². The fraction of sp³-hybridized carbons (Fsp3) is 0.438. The molecule has 0 spiro atoms. The number of nitrogens with zero attached hydrogens (tertiary/aromatic N) is 2. The Bertz CT molecular complexity index is 869. The standard InChI is InChI=1S/C16H18F2N4O4S/c1-7-11(17)12(18)13(20-7)14(23)21-8-3-4-22(6-9(8)26-2)16-19-5-10(27-16)15(24)25/h5,8-9,20H,3-4,6H2,1-2H3,(H,21,23)(H,24,25)/t8-,9+/m0/s1. The number of aromatic nitrogens is 2. The highest BCUT2D eigenvalue weighted by Gasteiger charge is 2.33. The van der Waals surface area contributed by atoms with E-state index in [9.17, 15) is 18.4 Å². The highest BCUT2D eigenvalue weighted by molar-refractivity contribution is 7.17. The van der Waals surface area contributed by atoms with E-state index >= 15 is 0 Å². The van der Waals surface area contributed by atoms with Crippen LogP contribution in [0.3, 0.4) is 0 Å². The monoisotopic (exact) mass is 400 g/mol. The highest BCUT2D eigenvalue weighted by atomic mass is 32.1. The molecule has 3 rings (SSSR count). The number of aryl methyl sites for hydroxylation is 1. The van der Waals surface area contributed by atoms with Gasteiger partial charge in [0.2, 0.25) is 0 Å². The van der Waals surface area contributed by atoms with Crippen LogP contribution in [0.1, 0.15) is 32.3 Å². The lowest BCUT2D eigenvalue weighted by atomic mass is 10.0. The number of carbonyl (C=O) groups is 2. The molecule has 1 saturated heterocycles. The molecule has 1 aliphatic rings. The number of thiazole rings is 1. The van der Waals surface area contributed by atoms with Crippen molar-refractivity contribution >= 4 is 28.3 Å². The molecule has 0 saturated carbocycles. The largest absolute Gasteiger partial charge is 0.477 e. The number of rotatable bonds is 5. The first-order valence-electron chi connectivity index (χ1n) is 8.13. The summed E-state index contributed by atoms with van der Waals surface area (Å²) in [6.07, 6.45) is 1.34. The van der Waals surface area contributed by atoms with Gasteiger partial charge in [0.1, 0.15) is 10.6 Å². The van der Waals surface area contributed by atoms with E-state index in [1.165, 1.54) is 20.2 Å². The average Bonchev–Trinajstić information content (AvgIpc) is 3.23. The van der Waals surface area contributed by atoms with E-state index in [0.29, 0.717) is 24.6 Å². The first-order chi connectivity index (χ1) is 12.8. The molecule has 11 heteroatoms. The minimum absolute atomic E-state index is 0.0474. The normalized spacial score (nSPS) is 19.9. The van der Waals surface area contributed by atoms with Gasteiger partial charge in [-0.05, 0) is 13.3 Å². The molecule has 8 nitrogen and oxygen atoms in total. The van der Waals surface area contributed by atoms with E-state index in [-0.39, 0.29) is 10.6 Å². The van der Waals surface area contributed by atoms with Gasteiger partial charge in [0.05, 0.1) is 24.0 Å². The molecule has 1 aliphatic heterocycles. The molecule has 0 unspecified atom stereocenters. The Morgan fingerprint density at radius 3 is 2.74 bits per heavy atom. The number of anilines is 1. The first-order valence-corrected chi connectivity index (χ1v) is 8.94. The maximum Gasteiger partial charge on any atom is 0.347 e. The third-order valence-corrected chi connectivity index (χ3v) is 5.48. The number of aromatic carboxylic acids is 1. The number of nitrogens with one attached hydrogen (secondary N) is 2.